The zero-order valence-electron chi connectivity index (χ0n) is 10.5. The SMILES string of the molecule is CCNC(Cc1cc(F)ccc1Br)C(C)OC. The summed E-state index contributed by atoms with van der Waals surface area (Å²) in [6, 6.07) is 4.94. The lowest BCUT2D eigenvalue weighted by atomic mass is 10.0. The van der Waals surface area contributed by atoms with Gasteiger partial charge in [0.05, 0.1) is 6.10 Å². The molecule has 0 aliphatic heterocycles. The average molecular weight is 304 g/mol. The minimum atomic E-state index is -0.205. The quantitative estimate of drug-likeness (QED) is 0.872. The van der Waals surface area contributed by atoms with Crippen LogP contribution in [0.25, 0.3) is 0 Å². The summed E-state index contributed by atoms with van der Waals surface area (Å²) < 4.78 is 19.5. The molecular weight excluding hydrogens is 285 g/mol. The van der Waals surface area contributed by atoms with Crippen molar-refractivity contribution in [3.63, 3.8) is 0 Å². The largest absolute Gasteiger partial charge is 0.380 e. The lowest BCUT2D eigenvalue weighted by molar-refractivity contribution is 0.0835. The van der Waals surface area contributed by atoms with E-state index in [2.05, 4.69) is 28.2 Å². The molecule has 1 aromatic carbocycles. The molecule has 0 aliphatic carbocycles. The molecule has 0 spiro atoms. The van der Waals surface area contributed by atoms with Crippen molar-refractivity contribution in [3.05, 3.63) is 34.1 Å². The van der Waals surface area contributed by atoms with E-state index in [-0.39, 0.29) is 18.0 Å². The second-order valence-corrected chi connectivity index (χ2v) is 4.90. The van der Waals surface area contributed by atoms with Gasteiger partial charge in [-0.05, 0) is 43.7 Å². The Morgan fingerprint density at radius 1 is 1.47 bits per heavy atom. The molecule has 2 unspecified atom stereocenters. The Kier molecular flexibility index (Phi) is 6.09. The summed E-state index contributed by atoms with van der Waals surface area (Å²) in [5, 5.41) is 3.36. The van der Waals surface area contributed by atoms with Gasteiger partial charge in [-0.2, -0.15) is 0 Å². The molecule has 0 saturated carbocycles. The molecule has 0 saturated heterocycles. The molecular formula is C13H19BrFNO. The predicted molar refractivity (Wildman–Crippen MR) is 71.7 cm³/mol. The van der Waals surface area contributed by atoms with E-state index >= 15 is 0 Å². The van der Waals surface area contributed by atoms with Gasteiger partial charge in [0.1, 0.15) is 5.82 Å². The first-order valence-electron chi connectivity index (χ1n) is 5.78. The topological polar surface area (TPSA) is 21.3 Å². The molecule has 4 heteroatoms. The zero-order valence-corrected chi connectivity index (χ0v) is 12.1. The van der Waals surface area contributed by atoms with Crippen LogP contribution in [0.3, 0.4) is 0 Å². The maximum absolute atomic E-state index is 13.2. The molecule has 0 fully saturated rings. The first-order valence-corrected chi connectivity index (χ1v) is 6.57. The van der Waals surface area contributed by atoms with E-state index in [0.717, 1.165) is 23.0 Å². The van der Waals surface area contributed by atoms with Crippen molar-refractivity contribution in [2.45, 2.75) is 32.4 Å². The standard InChI is InChI=1S/C13H19BrFNO/c1-4-16-13(9(2)17-3)8-10-7-11(15)5-6-12(10)14/h5-7,9,13,16H,4,8H2,1-3H3. The highest BCUT2D eigenvalue weighted by atomic mass is 79.9. The van der Waals surface area contributed by atoms with E-state index in [9.17, 15) is 4.39 Å². The van der Waals surface area contributed by atoms with Crippen LogP contribution in [-0.4, -0.2) is 25.8 Å². The van der Waals surface area contributed by atoms with E-state index in [4.69, 9.17) is 4.74 Å². The van der Waals surface area contributed by atoms with E-state index < -0.39 is 0 Å². The van der Waals surface area contributed by atoms with Gasteiger partial charge in [0.15, 0.2) is 0 Å². The van der Waals surface area contributed by atoms with Gasteiger partial charge in [-0.25, -0.2) is 4.39 Å². The molecule has 2 nitrogen and oxygen atoms in total. The van der Waals surface area contributed by atoms with Gasteiger partial charge in [0, 0.05) is 17.6 Å². The van der Waals surface area contributed by atoms with Gasteiger partial charge in [-0.1, -0.05) is 22.9 Å². The Hall–Kier alpha value is -0.450. The number of hydrogen-bond donors (Lipinski definition) is 1. The van der Waals surface area contributed by atoms with Gasteiger partial charge < -0.3 is 10.1 Å². The number of halogens is 2. The maximum atomic E-state index is 13.2. The van der Waals surface area contributed by atoms with Gasteiger partial charge in [0.25, 0.3) is 0 Å². The van der Waals surface area contributed by atoms with Crippen LogP contribution in [-0.2, 0) is 11.2 Å². The molecule has 0 aliphatic rings. The minimum absolute atomic E-state index is 0.0881. The van der Waals surface area contributed by atoms with Gasteiger partial charge in [-0.3, -0.25) is 0 Å². The summed E-state index contributed by atoms with van der Waals surface area (Å²) >= 11 is 3.45. The predicted octanol–water partition coefficient (Wildman–Crippen LogP) is 3.14. The second-order valence-electron chi connectivity index (χ2n) is 4.04. The number of rotatable bonds is 6. The van der Waals surface area contributed by atoms with E-state index in [1.54, 1.807) is 19.2 Å². The summed E-state index contributed by atoms with van der Waals surface area (Å²) in [5.74, 6) is -0.205. The van der Waals surface area contributed by atoms with Crippen LogP contribution in [0.15, 0.2) is 22.7 Å². The lowest BCUT2D eigenvalue weighted by Crippen LogP contribution is -2.41. The summed E-state index contributed by atoms with van der Waals surface area (Å²) in [4.78, 5) is 0. The van der Waals surface area contributed by atoms with Crippen molar-refractivity contribution >= 4 is 15.9 Å². The third kappa shape index (κ3) is 4.37. The van der Waals surface area contributed by atoms with Crippen LogP contribution in [0.4, 0.5) is 4.39 Å². The first kappa shape index (κ1) is 14.6. The highest BCUT2D eigenvalue weighted by Crippen LogP contribution is 2.20. The Morgan fingerprint density at radius 3 is 2.76 bits per heavy atom. The summed E-state index contributed by atoms with van der Waals surface area (Å²) in [5.41, 5.74) is 0.958. The zero-order chi connectivity index (χ0) is 12.8. The third-order valence-corrected chi connectivity index (χ3v) is 3.63. The van der Waals surface area contributed by atoms with Crippen molar-refractivity contribution in [1.29, 1.82) is 0 Å². The van der Waals surface area contributed by atoms with Crippen molar-refractivity contribution in [3.8, 4) is 0 Å². The highest BCUT2D eigenvalue weighted by Gasteiger charge is 2.17. The van der Waals surface area contributed by atoms with Crippen LogP contribution in [0.5, 0.6) is 0 Å². The Labute approximate surface area is 111 Å². The molecule has 1 aromatic rings. The molecule has 0 radical (unpaired) electrons. The second kappa shape index (κ2) is 7.09. The van der Waals surface area contributed by atoms with Crippen LogP contribution < -0.4 is 5.32 Å². The normalized spacial score (nSPS) is 14.6. The molecule has 0 aromatic heterocycles. The smallest absolute Gasteiger partial charge is 0.123 e. The van der Waals surface area contributed by atoms with E-state index in [1.807, 2.05) is 6.92 Å². The molecule has 0 heterocycles. The Balaban J connectivity index is 2.81. The van der Waals surface area contributed by atoms with Crippen molar-refractivity contribution in [2.75, 3.05) is 13.7 Å². The minimum Gasteiger partial charge on any atom is -0.380 e. The monoisotopic (exact) mass is 303 g/mol. The molecule has 0 bridgehead atoms. The molecule has 96 valence electrons. The van der Waals surface area contributed by atoms with Crippen molar-refractivity contribution < 1.29 is 9.13 Å². The van der Waals surface area contributed by atoms with Gasteiger partial charge in [0.2, 0.25) is 0 Å². The van der Waals surface area contributed by atoms with Crippen LogP contribution in [0, 0.1) is 5.82 Å². The van der Waals surface area contributed by atoms with Crippen LogP contribution in [0.2, 0.25) is 0 Å². The number of methoxy groups -OCH3 is 1. The number of ether oxygens (including phenoxy) is 1. The highest BCUT2D eigenvalue weighted by molar-refractivity contribution is 9.10. The number of benzene rings is 1. The summed E-state index contributed by atoms with van der Waals surface area (Å²) in [7, 11) is 1.69. The fourth-order valence-corrected chi connectivity index (χ4v) is 2.18. The van der Waals surface area contributed by atoms with E-state index in [1.165, 1.54) is 6.07 Å². The third-order valence-electron chi connectivity index (χ3n) is 2.85. The van der Waals surface area contributed by atoms with E-state index in [0.29, 0.717) is 0 Å². The summed E-state index contributed by atoms with van der Waals surface area (Å²) in [6.45, 7) is 4.93. The maximum Gasteiger partial charge on any atom is 0.123 e. The number of likely N-dealkylation sites (N-methyl/N-ethyl adjacent to an activating group) is 1. The fourth-order valence-electron chi connectivity index (χ4n) is 1.77. The van der Waals surface area contributed by atoms with Crippen LogP contribution >= 0.6 is 15.9 Å². The first-order chi connectivity index (χ1) is 8.08. The molecule has 17 heavy (non-hydrogen) atoms. The Morgan fingerprint density at radius 2 is 2.18 bits per heavy atom. The van der Waals surface area contributed by atoms with Crippen molar-refractivity contribution in [1.82, 2.24) is 5.32 Å². The van der Waals surface area contributed by atoms with Gasteiger partial charge in [-0.15, -0.1) is 0 Å². The molecule has 2 atom stereocenters. The summed E-state index contributed by atoms with van der Waals surface area (Å²) in [6.07, 6.45) is 0.825. The average Bonchev–Trinajstić information content (AvgIpc) is 2.32. The number of nitrogens with one attached hydrogen (secondary N) is 1. The van der Waals surface area contributed by atoms with Gasteiger partial charge >= 0.3 is 0 Å². The number of hydrogen-bond acceptors (Lipinski definition) is 2. The van der Waals surface area contributed by atoms with Crippen molar-refractivity contribution in [2.24, 2.45) is 0 Å². The molecule has 0 amide bonds. The fraction of sp³-hybridized carbons (Fsp3) is 0.538. The van der Waals surface area contributed by atoms with Crippen LogP contribution in [0.1, 0.15) is 19.4 Å². The Bertz CT molecular complexity index is 359. The molecule has 1 N–H and O–H groups in total. The molecule has 1 rings (SSSR count). The lowest BCUT2D eigenvalue weighted by Gasteiger charge is -2.24.